The van der Waals surface area contributed by atoms with E-state index >= 15 is 0 Å². The van der Waals surface area contributed by atoms with Crippen LogP contribution in [-0.4, -0.2) is 25.7 Å². The predicted octanol–water partition coefficient (Wildman–Crippen LogP) is 3.81. The number of benzene rings is 1. The van der Waals surface area contributed by atoms with Crippen molar-refractivity contribution in [1.29, 1.82) is 0 Å². The molecule has 0 bridgehead atoms. The number of hydrogen-bond acceptors (Lipinski definition) is 4. The fourth-order valence-electron chi connectivity index (χ4n) is 3.56. The van der Waals surface area contributed by atoms with Gasteiger partial charge in [0.15, 0.2) is 0 Å². The lowest BCUT2D eigenvalue weighted by Crippen LogP contribution is -2.14. The number of fused-ring (bicyclic) bond motifs is 1. The molecule has 1 aromatic carbocycles. The average molecular weight is 358 g/mol. The van der Waals surface area contributed by atoms with E-state index in [1.165, 1.54) is 0 Å². The van der Waals surface area contributed by atoms with E-state index in [1.807, 2.05) is 37.4 Å². The highest BCUT2D eigenvalue weighted by Gasteiger charge is 2.28. The number of halogens is 1. The van der Waals surface area contributed by atoms with Gasteiger partial charge >= 0.3 is 0 Å². The number of nitrogens with zero attached hydrogens (tertiary/aromatic N) is 3. The van der Waals surface area contributed by atoms with Crippen molar-refractivity contribution in [2.24, 2.45) is 0 Å². The van der Waals surface area contributed by atoms with Crippen molar-refractivity contribution >= 4 is 22.6 Å². The summed E-state index contributed by atoms with van der Waals surface area (Å²) >= 11 is 6.01. The molecule has 1 saturated heterocycles. The monoisotopic (exact) mass is 357 g/mol. The zero-order chi connectivity index (χ0) is 17.4. The number of aliphatic hydroxyl groups excluding tert-OH is 1. The van der Waals surface area contributed by atoms with Crippen molar-refractivity contribution in [3.05, 3.63) is 58.6 Å². The molecule has 4 rings (SSSR count). The maximum absolute atomic E-state index is 9.55. The van der Waals surface area contributed by atoms with E-state index in [9.17, 15) is 5.11 Å². The number of hydrogen-bond donors (Lipinski definition) is 1. The summed E-state index contributed by atoms with van der Waals surface area (Å²) in [7, 11) is 0. The molecular formula is C19H20ClN3O2. The lowest BCUT2D eigenvalue weighted by Gasteiger charge is -2.17. The molecule has 0 radical (unpaired) electrons. The van der Waals surface area contributed by atoms with E-state index in [0.29, 0.717) is 5.02 Å². The molecule has 25 heavy (non-hydrogen) atoms. The summed E-state index contributed by atoms with van der Waals surface area (Å²) < 4.78 is 8.37. The van der Waals surface area contributed by atoms with Crippen molar-refractivity contribution < 1.29 is 9.84 Å². The molecule has 1 aliphatic heterocycles. The van der Waals surface area contributed by atoms with Crippen LogP contribution in [0.3, 0.4) is 0 Å². The Kier molecular flexibility index (Phi) is 4.46. The van der Waals surface area contributed by atoms with Crippen molar-refractivity contribution in [2.45, 2.75) is 45.1 Å². The first kappa shape index (κ1) is 16.5. The topological polar surface area (TPSA) is 60.2 Å². The quantitative estimate of drug-likeness (QED) is 0.771. The van der Waals surface area contributed by atoms with Gasteiger partial charge in [0.2, 0.25) is 0 Å². The molecular weight excluding hydrogens is 338 g/mol. The minimum absolute atomic E-state index is 0.00945. The molecule has 1 fully saturated rings. The molecule has 0 saturated carbocycles. The first-order chi connectivity index (χ1) is 12.2. The van der Waals surface area contributed by atoms with Crippen molar-refractivity contribution in [3.8, 4) is 0 Å². The Labute approximate surface area is 151 Å². The minimum atomic E-state index is -0.0123. The van der Waals surface area contributed by atoms with Gasteiger partial charge in [0.25, 0.3) is 0 Å². The van der Waals surface area contributed by atoms with Gasteiger partial charge < -0.3 is 14.4 Å². The van der Waals surface area contributed by atoms with Gasteiger partial charge in [-0.25, -0.2) is 9.97 Å². The van der Waals surface area contributed by atoms with Crippen LogP contribution in [0.4, 0.5) is 0 Å². The van der Waals surface area contributed by atoms with E-state index in [-0.39, 0.29) is 18.9 Å². The molecule has 6 heteroatoms. The minimum Gasteiger partial charge on any atom is -0.392 e. The van der Waals surface area contributed by atoms with Crippen LogP contribution >= 0.6 is 11.6 Å². The van der Waals surface area contributed by atoms with Gasteiger partial charge in [-0.1, -0.05) is 17.7 Å². The Morgan fingerprint density at radius 3 is 2.96 bits per heavy atom. The van der Waals surface area contributed by atoms with Crippen LogP contribution in [0.1, 0.15) is 35.9 Å². The second-order valence-corrected chi connectivity index (χ2v) is 6.92. The number of aryl methyl sites for hydroxylation is 1. The normalized spacial score (nSPS) is 20.4. The molecule has 2 atom stereocenters. The first-order valence-corrected chi connectivity index (χ1v) is 8.85. The summed E-state index contributed by atoms with van der Waals surface area (Å²) in [6.45, 7) is 1.98. The van der Waals surface area contributed by atoms with Gasteiger partial charge in [-0.15, -0.1) is 0 Å². The van der Waals surface area contributed by atoms with Crippen molar-refractivity contribution in [1.82, 2.24) is 14.5 Å². The van der Waals surface area contributed by atoms with Crippen LogP contribution in [0.15, 0.2) is 36.8 Å². The van der Waals surface area contributed by atoms with Crippen LogP contribution in [-0.2, 0) is 17.8 Å². The van der Waals surface area contributed by atoms with Crippen LogP contribution in [0, 0.1) is 6.92 Å². The zero-order valence-electron chi connectivity index (χ0n) is 14.0. The Bertz CT molecular complexity index is 909. The van der Waals surface area contributed by atoms with Gasteiger partial charge in [-0.05, 0) is 55.5 Å². The molecule has 130 valence electrons. The molecule has 2 unspecified atom stereocenters. The largest absolute Gasteiger partial charge is 0.392 e. The van der Waals surface area contributed by atoms with Gasteiger partial charge in [0.05, 0.1) is 18.4 Å². The lowest BCUT2D eigenvalue weighted by atomic mass is 10.0. The summed E-state index contributed by atoms with van der Waals surface area (Å²) in [5.74, 6) is 0. The second kappa shape index (κ2) is 6.75. The summed E-state index contributed by atoms with van der Waals surface area (Å²) in [6, 6.07) is 7.71. The van der Waals surface area contributed by atoms with Gasteiger partial charge in [-0.2, -0.15) is 0 Å². The molecule has 0 spiro atoms. The summed E-state index contributed by atoms with van der Waals surface area (Å²) in [4.78, 5) is 8.66. The maximum atomic E-state index is 9.55. The Hall–Kier alpha value is -1.95. The fourth-order valence-corrected chi connectivity index (χ4v) is 3.75. The molecule has 5 nitrogen and oxygen atoms in total. The second-order valence-electron chi connectivity index (χ2n) is 6.48. The van der Waals surface area contributed by atoms with Crippen LogP contribution < -0.4 is 0 Å². The highest BCUT2D eigenvalue weighted by atomic mass is 35.5. The summed E-state index contributed by atoms with van der Waals surface area (Å²) in [5, 5.41) is 11.3. The lowest BCUT2D eigenvalue weighted by molar-refractivity contribution is 0.00489. The zero-order valence-corrected chi connectivity index (χ0v) is 14.8. The van der Waals surface area contributed by atoms with Crippen LogP contribution in [0.25, 0.3) is 11.0 Å². The van der Waals surface area contributed by atoms with Gasteiger partial charge in [0.1, 0.15) is 18.2 Å². The summed E-state index contributed by atoms with van der Waals surface area (Å²) in [5.41, 5.74) is 3.86. The van der Waals surface area contributed by atoms with Crippen molar-refractivity contribution in [3.63, 3.8) is 0 Å². The van der Waals surface area contributed by atoms with E-state index < -0.39 is 0 Å². The molecule has 0 amide bonds. The SMILES string of the molecule is Cc1ncnc2c1ccn2C1CCC(Cc2ccc(Cl)cc2CO)O1. The van der Waals surface area contributed by atoms with E-state index in [1.54, 1.807) is 6.33 Å². The number of ether oxygens (including phenoxy) is 1. The van der Waals surface area contributed by atoms with E-state index in [2.05, 4.69) is 14.5 Å². The highest BCUT2D eigenvalue weighted by Crippen LogP contribution is 2.33. The fraction of sp³-hybridized carbons (Fsp3) is 0.368. The molecule has 2 aromatic heterocycles. The third-order valence-electron chi connectivity index (χ3n) is 4.89. The predicted molar refractivity (Wildman–Crippen MR) is 96.5 cm³/mol. The Balaban J connectivity index is 1.52. The standard InChI is InChI=1S/C19H20ClN3O2/c1-12-17-6-7-23(19(17)22-11-21-12)18-5-4-16(25-18)9-13-2-3-15(20)8-14(13)10-24/h2-3,6-8,11,16,18,24H,4-5,9-10H2,1H3. The van der Waals surface area contributed by atoms with E-state index in [4.69, 9.17) is 16.3 Å². The highest BCUT2D eigenvalue weighted by molar-refractivity contribution is 6.30. The number of rotatable bonds is 4. The molecule has 1 N–H and O–H groups in total. The van der Waals surface area contributed by atoms with Gasteiger partial charge in [0, 0.05) is 16.6 Å². The molecule has 3 heterocycles. The molecule has 3 aromatic rings. The Morgan fingerprint density at radius 1 is 1.24 bits per heavy atom. The van der Waals surface area contributed by atoms with Crippen LogP contribution in [0.5, 0.6) is 0 Å². The maximum Gasteiger partial charge on any atom is 0.145 e. The first-order valence-electron chi connectivity index (χ1n) is 8.47. The number of aliphatic hydroxyl groups is 1. The van der Waals surface area contributed by atoms with Crippen LogP contribution in [0.2, 0.25) is 5.02 Å². The summed E-state index contributed by atoms with van der Waals surface area (Å²) in [6.07, 6.45) is 6.43. The van der Waals surface area contributed by atoms with E-state index in [0.717, 1.165) is 47.1 Å². The third kappa shape index (κ3) is 3.15. The smallest absolute Gasteiger partial charge is 0.145 e. The number of aromatic nitrogens is 3. The third-order valence-corrected chi connectivity index (χ3v) is 5.13. The average Bonchev–Trinajstić information content (AvgIpc) is 3.23. The van der Waals surface area contributed by atoms with Crippen molar-refractivity contribution in [2.75, 3.05) is 0 Å². The molecule has 0 aliphatic carbocycles. The Morgan fingerprint density at radius 2 is 2.12 bits per heavy atom. The van der Waals surface area contributed by atoms with Gasteiger partial charge in [-0.3, -0.25) is 0 Å². The molecule has 1 aliphatic rings.